The van der Waals surface area contributed by atoms with Crippen molar-refractivity contribution in [1.82, 2.24) is 15.3 Å². The second kappa shape index (κ2) is 8.15. The van der Waals surface area contributed by atoms with Crippen molar-refractivity contribution in [1.29, 1.82) is 0 Å². The quantitative estimate of drug-likeness (QED) is 0.599. The lowest BCUT2D eigenvalue weighted by atomic mass is 10.1. The van der Waals surface area contributed by atoms with Gasteiger partial charge in [0.15, 0.2) is 5.17 Å². The lowest BCUT2D eigenvalue weighted by Crippen LogP contribution is -2.22. The van der Waals surface area contributed by atoms with Crippen LogP contribution in [-0.2, 0) is 4.79 Å². The molecule has 31 heavy (non-hydrogen) atoms. The minimum absolute atomic E-state index is 0.0329. The minimum atomic E-state index is -0.240. The summed E-state index contributed by atoms with van der Waals surface area (Å²) < 4.78 is 5.86. The van der Waals surface area contributed by atoms with Gasteiger partial charge in [-0.25, -0.2) is 4.98 Å². The van der Waals surface area contributed by atoms with Crippen LogP contribution in [0.15, 0.2) is 64.6 Å². The molecular weight excluding hydrogens is 408 g/mol. The topological polar surface area (TPSA) is 76.5 Å². The van der Waals surface area contributed by atoms with Gasteiger partial charge in [-0.1, -0.05) is 30.3 Å². The molecule has 1 saturated carbocycles. The number of hydrogen-bond donors (Lipinski definition) is 1. The van der Waals surface area contributed by atoms with Crippen molar-refractivity contribution in [2.75, 3.05) is 0 Å². The van der Waals surface area contributed by atoms with Crippen LogP contribution in [0.5, 0.6) is 5.75 Å². The Hall–Kier alpha value is -3.19. The number of fused-ring (bicyclic) bond motifs is 1. The first-order chi connectivity index (χ1) is 15.1. The van der Waals surface area contributed by atoms with E-state index in [1.165, 1.54) is 17.3 Å². The summed E-state index contributed by atoms with van der Waals surface area (Å²) >= 11 is 1.36. The Bertz CT molecular complexity index is 1210. The summed E-state index contributed by atoms with van der Waals surface area (Å²) in [6, 6.07) is 16.3. The molecule has 7 heteroatoms. The van der Waals surface area contributed by atoms with E-state index in [-0.39, 0.29) is 12.0 Å². The van der Waals surface area contributed by atoms with E-state index in [1.54, 1.807) is 12.3 Å². The fraction of sp³-hybridized carbons (Fsp3) is 0.250. The molecular formula is C24H22N4O2S. The maximum absolute atomic E-state index is 12.4. The normalized spacial score (nSPS) is 21.6. The number of benzene rings is 1. The van der Waals surface area contributed by atoms with Crippen molar-refractivity contribution in [3.63, 3.8) is 0 Å². The van der Waals surface area contributed by atoms with Gasteiger partial charge in [0, 0.05) is 24.2 Å². The van der Waals surface area contributed by atoms with Crippen LogP contribution in [0.2, 0.25) is 0 Å². The molecule has 2 atom stereocenters. The van der Waals surface area contributed by atoms with E-state index in [4.69, 9.17) is 4.74 Å². The third-order valence-corrected chi connectivity index (χ3v) is 6.07. The number of nitrogens with one attached hydrogen (secondary N) is 1. The number of hydrogen-bond acceptors (Lipinski definition) is 6. The number of amidine groups is 1. The Morgan fingerprint density at radius 3 is 2.81 bits per heavy atom. The van der Waals surface area contributed by atoms with E-state index in [0.29, 0.717) is 39.0 Å². The summed E-state index contributed by atoms with van der Waals surface area (Å²) in [6.07, 6.45) is 4.57. The zero-order valence-corrected chi connectivity index (χ0v) is 18.1. The third-order valence-electron chi connectivity index (χ3n) is 5.16. The van der Waals surface area contributed by atoms with Gasteiger partial charge in [-0.05, 0) is 55.8 Å². The maximum Gasteiger partial charge on any atom is 0.286 e. The van der Waals surface area contributed by atoms with E-state index in [2.05, 4.69) is 44.5 Å². The highest BCUT2D eigenvalue weighted by Gasteiger charge is 2.40. The van der Waals surface area contributed by atoms with Crippen LogP contribution in [0, 0.1) is 0 Å². The SMILES string of the molecule is CC(C)Oc1ccnc2ccc(/C=C3\SC(NC4CC4c4ccccc4)=NC3=O)nc12. The van der Waals surface area contributed by atoms with Crippen LogP contribution in [0.1, 0.15) is 37.4 Å². The molecule has 1 N–H and O–H groups in total. The molecule has 6 nitrogen and oxygen atoms in total. The molecule has 1 amide bonds. The highest BCUT2D eigenvalue weighted by molar-refractivity contribution is 8.18. The van der Waals surface area contributed by atoms with Crippen LogP contribution >= 0.6 is 11.8 Å². The zero-order valence-electron chi connectivity index (χ0n) is 17.3. The standard InChI is InChI=1S/C24H22N4O2S/c1-14(2)30-20-10-11-25-18-9-8-16(26-22(18)20)12-21-23(29)28-24(31-21)27-19-13-17(19)15-6-4-3-5-7-15/h3-12,14,17,19H,13H2,1-2H3,(H,27,28,29)/b21-12-. The zero-order chi connectivity index (χ0) is 21.4. The van der Waals surface area contributed by atoms with Crippen molar-refractivity contribution in [3.8, 4) is 5.75 Å². The monoisotopic (exact) mass is 430 g/mol. The number of carbonyl (C=O) groups is 1. The predicted octanol–water partition coefficient (Wildman–Crippen LogP) is 4.53. The van der Waals surface area contributed by atoms with Crippen LogP contribution in [0.4, 0.5) is 0 Å². The predicted molar refractivity (Wildman–Crippen MR) is 124 cm³/mol. The smallest absolute Gasteiger partial charge is 0.286 e. The molecule has 2 unspecified atom stereocenters. The van der Waals surface area contributed by atoms with Gasteiger partial charge in [0.1, 0.15) is 11.3 Å². The Labute approximate surface area is 184 Å². The van der Waals surface area contributed by atoms with E-state index in [1.807, 2.05) is 38.1 Å². The van der Waals surface area contributed by atoms with E-state index >= 15 is 0 Å². The number of rotatable bonds is 5. The van der Waals surface area contributed by atoms with Gasteiger partial charge in [-0.3, -0.25) is 9.78 Å². The van der Waals surface area contributed by atoms with Crippen molar-refractivity contribution in [2.45, 2.75) is 38.3 Å². The van der Waals surface area contributed by atoms with Crippen LogP contribution in [0.3, 0.4) is 0 Å². The summed E-state index contributed by atoms with van der Waals surface area (Å²) in [5, 5.41) is 4.07. The molecule has 5 rings (SSSR count). The van der Waals surface area contributed by atoms with Gasteiger partial charge in [-0.2, -0.15) is 4.99 Å². The Balaban J connectivity index is 1.31. The number of ether oxygens (including phenoxy) is 1. The first-order valence-corrected chi connectivity index (χ1v) is 11.1. The molecule has 1 aliphatic carbocycles. The Morgan fingerprint density at radius 2 is 2.00 bits per heavy atom. The number of nitrogens with zero attached hydrogens (tertiary/aromatic N) is 3. The fourth-order valence-electron chi connectivity index (χ4n) is 3.63. The van der Waals surface area contributed by atoms with E-state index < -0.39 is 0 Å². The molecule has 0 bridgehead atoms. The van der Waals surface area contributed by atoms with Gasteiger partial charge < -0.3 is 10.1 Å². The summed E-state index contributed by atoms with van der Waals surface area (Å²) in [4.78, 5) is 26.2. The number of carbonyl (C=O) groups excluding carboxylic acids is 1. The lowest BCUT2D eigenvalue weighted by Gasteiger charge is -2.11. The van der Waals surface area contributed by atoms with Crippen molar-refractivity contribution >= 4 is 39.9 Å². The summed E-state index contributed by atoms with van der Waals surface area (Å²) in [6.45, 7) is 3.94. The third kappa shape index (κ3) is 4.32. The molecule has 0 saturated heterocycles. The number of aromatic nitrogens is 2. The Morgan fingerprint density at radius 1 is 1.16 bits per heavy atom. The molecule has 0 spiro atoms. The van der Waals surface area contributed by atoms with Crippen molar-refractivity contribution in [2.24, 2.45) is 4.99 Å². The van der Waals surface area contributed by atoms with Gasteiger partial charge >= 0.3 is 0 Å². The molecule has 2 aromatic heterocycles. The van der Waals surface area contributed by atoms with Crippen LogP contribution < -0.4 is 10.1 Å². The molecule has 3 aromatic rings. The number of pyridine rings is 2. The van der Waals surface area contributed by atoms with Crippen LogP contribution in [-0.4, -0.2) is 33.2 Å². The van der Waals surface area contributed by atoms with E-state index in [9.17, 15) is 4.79 Å². The van der Waals surface area contributed by atoms with Gasteiger partial charge in [-0.15, -0.1) is 0 Å². The number of aliphatic imine (C=N–C) groups is 1. The van der Waals surface area contributed by atoms with Gasteiger partial charge in [0.2, 0.25) is 0 Å². The first kappa shape index (κ1) is 19.8. The average molecular weight is 431 g/mol. The number of amides is 1. The largest absolute Gasteiger partial charge is 0.489 e. The van der Waals surface area contributed by atoms with Gasteiger partial charge in [0.05, 0.1) is 22.2 Å². The molecule has 0 radical (unpaired) electrons. The summed E-state index contributed by atoms with van der Waals surface area (Å²) in [7, 11) is 0. The second-order valence-electron chi connectivity index (χ2n) is 7.92. The minimum Gasteiger partial charge on any atom is -0.489 e. The van der Waals surface area contributed by atoms with Crippen molar-refractivity contribution in [3.05, 3.63) is 70.9 Å². The fourth-order valence-corrected chi connectivity index (χ4v) is 4.49. The van der Waals surface area contributed by atoms with E-state index in [0.717, 1.165) is 11.9 Å². The Kier molecular flexibility index (Phi) is 5.19. The number of thioether (sulfide) groups is 1. The molecule has 3 heterocycles. The highest BCUT2D eigenvalue weighted by Crippen LogP contribution is 2.42. The molecule has 1 aliphatic heterocycles. The lowest BCUT2D eigenvalue weighted by molar-refractivity contribution is -0.113. The summed E-state index contributed by atoms with van der Waals surface area (Å²) in [5.74, 6) is 0.919. The molecule has 1 fully saturated rings. The van der Waals surface area contributed by atoms with Crippen molar-refractivity contribution < 1.29 is 9.53 Å². The molecule has 2 aliphatic rings. The molecule has 1 aromatic carbocycles. The maximum atomic E-state index is 12.4. The second-order valence-corrected chi connectivity index (χ2v) is 8.95. The highest BCUT2D eigenvalue weighted by atomic mass is 32.2. The molecule has 156 valence electrons. The van der Waals surface area contributed by atoms with Crippen LogP contribution in [0.25, 0.3) is 17.1 Å². The average Bonchev–Trinajstić information content (AvgIpc) is 3.44. The van der Waals surface area contributed by atoms with Gasteiger partial charge in [0.25, 0.3) is 5.91 Å². The first-order valence-electron chi connectivity index (χ1n) is 10.3. The summed E-state index contributed by atoms with van der Waals surface area (Å²) in [5.41, 5.74) is 3.43.